The van der Waals surface area contributed by atoms with Gasteiger partial charge in [0.2, 0.25) is 11.8 Å². The third-order valence-electron chi connectivity index (χ3n) is 4.53. The molecule has 2 aromatic rings. The largest absolute Gasteiger partial charge is 0.368 e. The van der Waals surface area contributed by atoms with Crippen LogP contribution in [-0.2, 0) is 9.59 Å². The summed E-state index contributed by atoms with van der Waals surface area (Å²) in [6.45, 7) is 2.14. The fourth-order valence-electron chi connectivity index (χ4n) is 3.10. The smallest absolute Gasteiger partial charge is 0.240 e. The number of nitrogens with one attached hydrogen (secondary N) is 1. The van der Waals surface area contributed by atoms with Crippen molar-refractivity contribution in [3.05, 3.63) is 71.8 Å². The molecule has 138 valence electrons. The maximum absolute atomic E-state index is 13.0. The Balaban J connectivity index is 2.16. The molecule has 0 spiro atoms. The van der Waals surface area contributed by atoms with E-state index in [2.05, 4.69) is 12.2 Å². The van der Waals surface area contributed by atoms with E-state index < -0.39 is 17.9 Å². The van der Waals surface area contributed by atoms with Crippen molar-refractivity contribution < 1.29 is 9.59 Å². The van der Waals surface area contributed by atoms with Crippen LogP contribution in [0.3, 0.4) is 0 Å². The molecule has 3 N–H and O–H groups in total. The number of hydrogen-bond donors (Lipinski definition) is 2. The van der Waals surface area contributed by atoms with Crippen molar-refractivity contribution in [1.29, 1.82) is 0 Å². The molecule has 0 bridgehead atoms. The Morgan fingerprint density at radius 2 is 1.42 bits per heavy atom. The number of amides is 2. The molecule has 2 aromatic carbocycles. The van der Waals surface area contributed by atoms with E-state index in [1.54, 1.807) is 0 Å². The average molecular weight is 352 g/mol. The van der Waals surface area contributed by atoms with Crippen molar-refractivity contribution in [2.24, 2.45) is 5.73 Å². The van der Waals surface area contributed by atoms with Crippen LogP contribution < -0.4 is 11.1 Å². The molecule has 0 saturated carbocycles. The van der Waals surface area contributed by atoms with E-state index in [0.29, 0.717) is 6.42 Å². The molecule has 1 atom stereocenters. The summed E-state index contributed by atoms with van der Waals surface area (Å²) in [7, 11) is 0. The highest BCUT2D eigenvalue weighted by molar-refractivity contribution is 5.91. The molecule has 0 heterocycles. The molecule has 0 aromatic heterocycles. The number of unbranched alkanes of at least 4 members (excludes halogenated alkanes) is 3. The SMILES string of the molecule is CCCCCC[C@@H](NC(=O)C(c1ccccc1)c1ccccc1)C(N)=O. The van der Waals surface area contributed by atoms with Crippen LogP contribution in [0.4, 0.5) is 0 Å². The summed E-state index contributed by atoms with van der Waals surface area (Å²) in [5, 5.41) is 2.88. The second-order valence-corrected chi connectivity index (χ2v) is 6.57. The Hall–Kier alpha value is -2.62. The van der Waals surface area contributed by atoms with Gasteiger partial charge in [0.25, 0.3) is 0 Å². The third kappa shape index (κ3) is 5.73. The van der Waals surface area contributed by atoms with E-state index in [0.717, 1.165) is 36.8 Å². The summed E-state index contributed by atoms with van der Waals surface area (Å²) >= 11 is 0. The first kappa shape index (κ1) is 19.7. The fraction of sp³-hybridized carbons (Fsp3) is 0.364. The predicted octanol–water partition coefficient (Wildman–Crippen LogP) is 3.76. The van der Waals surface area contributed by atoms with Gasteiger partial charge in [-0.15, -0.1) is 0 Å². The molecule has 0 fully saturated rings. The molecule has 4 heteroatoms. The van der Waals surface area contributed by atoms with Crippen LogP contribution in [0.15, 0.2) is 60.7 Å². The second-order valence-electron chi connectivity index (χ2n) is 6.57. The van der Waals surface area contributed by atoms with Crippen molar-refractivity contribution in [3.8, 4) is 0 Å². The fourth-order valence-corrected chi connectivity index (χ4v) is 3.10. The lowest BCUT2D eigenvalue weighted by Crippen LogP contribution is -2.46. The monoisotopic (exact) mass is 352 g/mol. The van der Waals surface area contributed by atoms with Crippen LogP contribution in [-0.4, -0.2) is 17.9 Å². The molecule has 0 aliphatic rings. The topological polar surface area (TPSA) is 72.2 Å². The second kappa shape index (κ2) is 10.4. The highest BCUT2D eigenvalue weighted by Gasteiger charge is 2.26. The molecular weight excluding hydrogens is 324 g/mol. The Labute approximate surface area is 155 Å². The van der Waals surface area contributed by atoms with Gasteiger partial charge in [-0.3, -0.25) is 9.59 Å². The summed E-state index contributed by atoms with van der Waals surface area (Å²) in [6, 6.07) is 18.6. The van der Waals surface area contributed by atoms with E-state index in [-0.39, 0.29) is 5.91 Å². The molecule has 4 nitrogen and oxygen atoms in total. The van der Waals surface area contributed by atoms with Crippen LogP contribution in [0.2, 0.25) is 0 Å². The summed E-state index contributed by atoms with van der Waals surface area (Å²) in [6.07, 6.45) is 4.74. The molecule has 0 saturated heterocycles. The van der Waals surface area contributed by atoms with E-state index in [9.17, 15) is 9.59 Å². The zero-order valence-corrected chi connectivity index (χ0v) is 15.4. The quantitative estimate of drug-likeness (QED) is 0.639. The third-order valence-corrected chi connectivity index (χ3v) is 4.53. The van der Waals surface area contributed by atoms with Crippen LogP contribution in [0.25, 0.3) is 0 Å². The first-order valence-electron chi connectivity index (χ1n) is 9.33. The molecule has 0 aliphatic heterocycles. The average Bonchev–Trinajstić information content (AvgIpc) is 2.66. The molecule has 0 radical (unpaired) electrons. The molecular formula is C22H28N2O2. The number of carbonyl (C=O) groups is 2. The molecule has 2 amide bonds. The Kier molecular flexibility index (Phi) is 7.87. The first-order valence-corrected chi connectivity index (χ1v) is 9.33. The zero-order chi connectivity index (χ0) is 18.8. The Morgan fingerprint density at radius 3 is 1.88 bits per heavy atom. The van der Waals surface area contributed by atoms with E-state index in [4.69, 9.17) is 5.73 Å². The lowest BCUT2D eigenvalue weighted by Gasteiger charge is -2.22. The maximum Gasteiger partial charge on any atom is 0.240 e. The van der Waals surface area contributed by atoms with Gasteiger partial charge >= 0.3 is 0 Å². The van der Waals surface area contributed by atoms with Crippen LogP contribution in [0, 0.1) is 0 Å². The van der Waals surface area contributed by atoms with Crippen LogP contribution >= 0.6 is 0 Å². The highest BCUT2D eigenvalue weighted by Crippen LogP contribution is 2.25. The van der Waals surface area contributed by atoms with Crippen LogP contribution in [0.1, 0.15) is 56.1 Å². The minimum Gasteiger partial charge on any atom is -0.368 e. The van der Waals surface area contributed by atoms with Gasteiger partial charge in [0.05, 0.1) is 5.92 Å². The number of carbonyl (C=O) groups excluding carboxylic acids is 2. The number of nitrogens with two attached hydrogens (primary N) is 1. The van der Waals surface area contributed by atoms with E-state index in [1.165, 1.54) is 0 Å². The van der Waals surface area contributed by atoms with Gasteiger partial charge in [0.1, 0.15) is 6.04 Å². The van der Waals surface area contributed by atoms with E-state index in [1.807, 2.05) is 60.7 Å². The van der Waals surface area contributed by atoms with Gasteiger partial charge in [-0.2, -0.15) is 0 Å². The van der Waals surface area contributed by atoms with Crippen molar-refractivity contribution in [3.63, 3.8) is 0 Å². The maximum atomic E-state index is 13.0. The Bertz CT molecular complexity index is 646. The van der Waals surface area contributed by atoms with Gasteiger partial charge in [-0.1, -0.05) is 93.3 Å². The normalized spacial score (nSPS) is 11.9. The van der Waals surface area contributed by atoms with E-state index >= 15 is 0 Å². The predicted molar refractivity (Wildman–Crippen MR) is 105 cm³/mol. The van der Waals surface area contributed by atoms with Gasteiger partial charge in [-0.25, -0.2) is 0 Å². The molecule has 2 rings (SSSR count). The van der Waals surface area contributed by atoms with Gasteiger partial charge in [0, 0.05) is 0 Å². The summed E-state index contributed by atoms with van der Waals surface area (Å²) in [5.41, 5.74) is 7.31. The zero-order valence-electron chi connectivity index (χ0n) is 15.4. The van der Waals surface area contributed by atoms with Gasteiger partial charge < -0.3 is 11.1 Å². The number of benzene rings is 2. The lowest BCUT2D eigenvalue weighted by molar-refractivity contribution is -0.127. The van der Waals surface area contributed by atoms with Crippen molar-refractivity contribution in [1.82, 2.24) is 5.32 Å². The highest BCUT2D eigenvalue weighted by atomic mass is 16.2. The number of rotatable bonds is 10. The lowest BCUT2D eigenvalue weighted by atomic mass is 9.90. The molecule has 0 aliphatic carbocycles. The minimum atomic E-state index is -0.630. The summed E-state index contributed by atoms with van der Waals surface area (Å²) in [5.74, 6) is -1.13. The summed E-state index contributed by atoms with van der Waals surface area (Å²) in [4.78, 5) is 24.8. The minimum absolute atomic E-state index is 0.193. The number of primary amides is 1. The van der Waals surface area contributed by atoms with Gasteiger partial charge in [0.15, 0.2) is 0 Å². The van der Waals surface area contributed by atoms with Crippen molar-refractivity contribution in [2.75, 3.05) is 0 Å². The van der Waals surface area contributed by atoms with Crippen molar-refractivity contribution in [2.45, 2.75) is 51.0 Å². The standard InChI is InChI=1S/C22H28N2O2/c1-2-3-4-11-16-19(21(23)25)24-22(26)20(17-12-7-5-8-13-17)18-14-9-6-10-15-18/h5-10,12-15,19-20H,2-4,11,16H2,1H3,(H2,23,25)(H,24,26)/t19-/m1/s1. The summed E-state index contributed by atoms with van der Waals surface area (Å²) < 4.78 is 0. The van der Waals surface area contributed by atoms with Gasteiger partial charge in [-0.05, 0) is 17.5 Å². The molecule has 26 heavy (non-hydrogen) atoms. The molecule has 0 unspecified atom stereocenters. The van der Waals surface area contributed by atoms with Crippen molar-refractivity contribution >= 4 is 11.8 Å². The first-order chi connectivity index (χ1) is 12.6. The number of hydrogen-bond acceptors (Lipinski definition) is 2. The van der Waals surface area contributed by atoms with Crippen LogP contribution in [0.5, 0.6) is 0 Å². The Morgan fingerprint density at radius 1 is 0.885 bits per heavy atom.